The third-order valence-corrected chi connectivity index (χ3v) is 3.16. The molecule has 18 heavy (non-hydrogen) atoms. The maximum absolute atomic E-state index is 11.9. The summed E-state index contributed by atoms with van der Waals surface area (Å²) < 4.78 is 5.86. The second-order valence-corrected chi connectivity index (χ2v) is 4.95. The number of ether oxygens (including phenoxy) is 1. The van der Waals surface area contributed by atoms with Gasteiger partial charge in [0, 0.05) is 10.2 Å². The van der Waals surface area contributed by atoms with Crippen LogP contribution in [0.3, 0.4) is 0 Å². The summed E-state index contributed by atoms with van der Waals surface area (Å²) in [4.78, 5) is 23.5. The summed E-state index contributed by atoms with van der Waals surface area (Å²) in [6, 6.07) is 7.22. The molecule has 0 amide bonds. The highest BCUT2D eigenvalue weighted by Gasteiger charge is 2.39. The zero-order valence-electron chi connectivity index (χ0n) is 10.6. The van der Waals surface area contributed by atoms with Crippen molar-refractivity contribution in [2.45, 2.75) is 26.3 Å². The SMILES string of the molecule is CCOC(=O)[C@](C)(Nc1ccc(Br)cc1)C(C)=O. The number of hydrogen-bond acceptors (Lipinski definition) is 4. The quantitative estimate of drug-likeness (QED) is 0.671. The van der Waals surface area contributed by atoms with Crippen molar-refractivity contribution in [1.29, 1.82) is 0 Å². The minimum atomic E-state index is -1.36. The fraction of sp³-hybridized carbons (Fsp3) is 0.385. The lowest BCUT2D eigenvalue weighted by molar-refractivity contribution is -0.151. The topological polar surface area (TPSA) is 55.4 Å². The van der Waals surface area contributed by atoms with Crippen molar-refractivity contribution in [2.75, 3.05) is 11.9 Å². The molecule has 0 aliphatic heterocycles. The molecule has 0 fully saturated rings. The van der Waals surface area contributed by atoms with Gasteiger partial charge in [0.25, 0.3) is 0 Å². The highest BCUT2D eigenvalue weighted by atomic mass is 79.9. The van der Waals surface area contributed by atoms with Crippen LogP contribution in [0.5, 0.6) is 0 Å². The predicted molar refractivity (Wildman–Crippen MR) is 73.5 cm³/mol. The molecule has 0 aromatic heterocycles. The number of carbonyl (C=O) groups is 2. The van der Waals surface area contributed by atoms with Crippen molar-refractivity contribution in [1.82, 2.24) is 0 Å². The predicted octanol–water partition coefficient (Wildman–Crippen LogP) is 2.77. The molecule has 5 heteroatoms. The van der Waals surface area contributed by atoms with Crippen LogP contribution in [0.25, 0.3) is 0 Å². The molecule has 0 heterocycles. The molecule has 0 spiro atoms. The number of benzene rings is 1. The fourth-order valence-corrected chi connectivity index (χ4v) is 1.64. The first-order valence-electron chi connectivity index (χ1n) is 5.62. The number of hydrogen-bond donors (Lipinski definition) is 1. The maximum Gasteiger partial charge on any atom is 0.339 e. The van der Waals surface area contributed by atoms with Crippen LogP contribution in [0.15, 0.2) is 28.7 Å². The number of nitrogens with one attached hydrogen (secondary N) is 1. The van der Waals surface area contributed by atoms with E-state index in [9.17, 15) is 9.59 Å². The summed E-state index contributed by atoms with van der Waals surface area (Å²) in [5.74, 6) is -0.857. The van der Waals surface area contributed by atoms with E-state index in [0.29, 0.717) is 5.69 Å². The molecule has 0 bridgehead atoms. The number of rotatable bonds is 5. The maximum atomic E-state index is 11.9. The van der Waals surface area contributed by atoms with E-state index in [4.69, 9.17) is 4.74 Å². The molecule has 0 saturated heterocycles. The monoisotopic (exact) mass is 313 g/mol. The van der Waals surface area contributed by atoms with Crippen LogP contribution in [0.4, 0.5) is 5.69 Å². The van der Waals surface area contributed by atoms with Gasteiger partial charge in [0.15, 0.2) is 11.3 Å². The Morgan fingerprint density at radius 1 is 1.33 bits per heavy atom. The molecule has 0 aliphatic carbocycles. The Morgan fingerprint density at radius 3 is 2.33 bits per heavy atom. The van der Waals surface area contributed by atoms with Crippen molar-refractivity contribution in [3.8, 4) is 0 Å². The van der Waals surface area contributed by atoms with Crippen molar-refractivity contribution in [3.63, 3.8) is 0 Å². The van der Waals surface area contributed by atoms with Gasteiger partial charge in [0.2, 0.25) is 0 Å². The summed E-state index contributed by atoms with van der Waals surface area (Å²) in [7, 11) is 0. The molecule has 0 radical (unpaired) electrons. The molecule has 0 aliphatic rings. The van der Waals surface area contributed by atoms with Crippen molar-refractivity contribution in [2.24, 2.45) is 0 Å². The van der Waals surface area contributed by atoms with Crippen molar-refractivity contribution in [3.05, 3.63) is 28.7 Å². The van der Waals surface area contributed by atoms with Crippen molar-refractivity contribution < 1.29 is 14.3 Å². The van der Waals surface area contributed by atoms with Crippen LogP contribution in [-0.4, -0.2) is 23.9 Å². The number of Topliss-reactive ketones (excluding diaryl/α,β-unsaturated/α-hetero) is 1. The Morgan fingerprint density at radius 2 is 1.89 bits per heavy atom. The van der Waals surface area contributed by atoms with E-state index >= 15 is 0 Å². The van der Waals surface area contributed by atoms with Gasteiger partial charge in [0.1, 0.15) is 0 Å². The molecule has 1 atom stereocenters. The summed E-state index contributed by atoms with van der Waals surface area (Å²) in [6.07, 6.45) is 0. The molecule has 1 aromatic rings. The minimum absolute atomic E-state index is 0.240. The van der Waals surface area contributed by atoms with Gasteiger partial charge in [-0.2, -0.15) is 0 Å². The van der Waals surface area contributed by atoms with E-state index in [1.54, 1.807) is 19.1 Å². The van der Waals surface area contributed by atoms with Gasteiger partial charge >= 0.3 is 5.97 Å². The molecule has 0 unspecified atom stereocenters. The number of anilines is 1. The van der Waals surface area contributed by atoms with Crippen LogP contribution >= 0.6 is 15.9 Å². The Balaban J connectivity index is 2.96. The highest BCUT2D eigenvalue weighted by Crippen LogP contribution is 2.20. The van der Waals surface area contributed by atoms with Crippen molar-refractivity contribution >= 4 is 33.4 Å². The smallest absolute Gasteiger partial charge is 0.339 e. The number of carbonyl (C=O) groups excluding carboxylic acids is 2. The van der Waals surface area contributed by atoms with Gasteiger partial charge in [-0.25, -0.2) is 4.79 Å². The molecular weight excluding hydrogens is 298 g/mol. The third-order valence-electron chi connectivity index (χ3n) is 2.63. The van der Waals surface area contributed by atoms with Crippen LogP contribution in [0.2, 0.25) is 0 Å². The fourth-order valence-electron chi connectivity index (χ4n) is 1.38. The number of ketones is 1. The standard InChI is InChI=1S/C13H16BrNO3/c1-4-18-12(17)13(3,9(2)16)15-11-7-5-10(14)6-8-11/h5-8,15H,4H2,1-3H3/t13-/m1/s1. The first kappa shape index (κ1) is 14.7. The Bertz CT molecular complexity index is 444. The van der Waals surface area contributed by atoms with Gasteiger partial charge in [-0.05, 0) is 45.0 Å². The second kappa shape index (κ2) is 6.00. The largest absolute Gasteiger partial charge is 0.464 e. The van der Waals surface area contributed by atoms with Gasteiger partial charge in [-0.1, -0.05) is 15.9 Å². The third kappa shape index (κ3) is 3.32. The zero-order valence-corrected chi connectivity index (χ0v) is 12.2. The second-order valence-electron chi connectivity index (χ2n) is 4.03. The molecule has 1 aromatic carbocycles. The van der Waals surface area contributed by atoms with Gasteiger partial charge < -0.3 is 10.1 Å². The molecule has 1 N–H and O–H groups in total. The first-order valence-corrected chi connectivity index (χ1v) is 6.41. The lowest BCUT2D eigenvalue weighted by atomic mass is 9.97. The molecule has 1 rings (SSSR count). The summed E-state index contributed by atoms with van der Waals surface area (Å²) in [5.41, 5.74) is -0.673. The van der Waals surface area contributed by atoms with E-state index in [1.165, 1.54) is 13.8 Å². The van der Waals surface area contributed by atoms with E-state index < -0.39 is 11.5 Å². The van der Waals surface area contributed by atoms with Crippen LogP contribution in [0.1, 0.15) is 20.8 Å². The van der Waals surface area contributed by atoms with E-state index in [0.717, 1.165) is 4.47 Å². The molecule has 98 valence electrons. The van der Waals surface area contributed by atoms with E-state index in [-0.39, 0.29) is 12.4 Å². The summed E-state index contributed by atoms with van der Waals surface area (Å²) >= 11 is 3.32. The Kier molecular flexibility index (Phi) is 4.90. The average molecular weight is 314 g/mol. The normalized spacial score (nSPS) is 13.6. The lowest BCUT2D eigenvalue weighted by Crippen LogP contribution is -2.50. The van der Waals surface area contributed by atoms with E-state index in [1.807, 2.05) is 12.1 Å². The van der Waals surface area contributed by atoms with Crippen LogP contribution in [-0.2, 0) is 14.3 Å². The minimum Gasteiger partial charge on any atom is -0.464 e. The van der Waals surface area contributed by atoms with Gasteiger partial charge in [-0.3, -0.25) is 4.79 Å². The summed E-state index contributed by atoms with van der Waals surface area (Å²) in [5, 5.41) is 2.92. The average Bonchev–Trinajstić information content (AvgIpc) is 2.32. The lowest BCUT2D eigenvalue weighted by Gasteiger charge is -2.26. The Hall–Kier alpha value is -1.36. The highest BCUT2D eigenvalue weighted by molar-refractivity contribution is 9.10. The number of esters is 1. The van der Waals surface area contributed by atoms with E-state index in [2.05, 4.69) is 21.2 Å². The first-order chi connectivity index (χ1) is 8.40. The Labute approximate surface area is 115 Å². The molecule has 0 saturated carbocycles. The van der Waals surface area contributed by atoms with Crippen LogP contribution in [0, 0.1) is 0 Å². The zero-order chi connectivity index (χ0) is 13.8. The summed E-state index contributed by atoms with van der Waals surface area (Å²) in [6.45, 7) is 4.83. The van der Waals surface area contributed by atoms with Crippen LogP contribution < -0.4 is 5.32 Å². The van der Waals surface area contributed by atoms with Gasteiger partial charge in [0.05, 0.1) is 6.61 Å². The molecular formula is C13H16BrNO3. The number of halogens is 1. The van der Waals surface area contributed by atoms with Gasteiger partial charge in [-0.15, -0.1) is 0 Å². The molecule has 4 nitrogen and oxygen atoms in total.